The van der Waals surface area contributed by atoms with Gasteiger partial charge >= 0.3 is 0 Å². The van der Waals surface area contributed by atoms with Crippen LogP contribution in [0.15, 0.2) is 18.3 Å². The van der Waals surface area contributed by atoms with Crippen molar-refractivity contribution >= 4 is 17.5 Å². The lowest BCUT2D eigenvalue weighted by atomic mass is 10.3. The van der Waals surface area contributed by atoms with Crippen molar-refractivity contribution in [3.63, 3.8) is 0 Å². The fourth-order valence-electron chi connectivity index (χ4n) is 1.43. The van der Waals surface area contributed by atoms with Crippen LogP contribution in [0.2, 0.25) is 5.02 Å². The van der Waals surface area contributed by atoms with Gasteiger partial charge in [-0.25, -0.2) is 4.98 Å². The van der Waals surface area contributed by atoms with E-state index in [0.717, 1.165) is 0 Å². The quantitative estimate of drug-likeness (QED) is 0.723. The Balaban J connectivity index is 2.09. The molecule has 5 heteroatoms. The molecule has 1 aromatic heterocycles. The number of carbonyl (C=O) groups excluding carboxylic acids is 1. The Bertz CT molecular complexity index is 347. The minimum Gasteiger partial charge on any atom is -0.378 e. The molecule has 1 aliphatic heterocycles. The van der Waals surface area contributed by atoms with Crippen LogP contribution in [0.4, 0.5) is 0 Å². The predicted molar refractivity (Wildman–Crippen MR) is 56.0 cm³/mol. The third kappa shape index (κ3) is 2.46. The second kappa shape index (κ2) is 4.59. The molecule has 4 nitrogen and oxygen atoms in total. The summed E-state index contributed by atoms with van der Waals surface area (Å²) in [7, 11) is 0. The first-order chi connectivity index (χ1) is 7.27. The van der Waals surface area contributed by atoms with Crippen LogP contribution in [0.3, 0.4) is 0 Å². The summed E-state index contributed by atoms with van der Waals surface area (Å²) in [5.74, 6) is -0.0602. The zero-order valence-electron chi connectivity index (χ0n) is 8.15. The van der Waals surface area contributed by atoms with E-state index >= 15 is 0 Å². The van der Waals surface area contributed by atoms with Gasteiger partial charge in [-0.3, -0.25) is 4.79 Å². The highest BCUT2D eigenvalue weighted by atomic mass is 35.5. The van der Waals surface area contributed by atoms with Crippen molar-refractivity contribution in [1.29, 1.82) is 0 Å². The highest BCUT2D eigenvalue weighted by Gasteiger charge is 2.19. The SMILES string of the molecule is O=C(c1ccc(Cl)cn1)N1CCOCC1. The molecular formula is C10H11ClN2O2. The number of ether oxygens (including phenoxy) is 1. The summed E-state index contributed by atoms with van der Waals surface area (Å²) in [6.45, 7) is 2.45. The largest absolute Gasteiger partial charge is 0.378 e. The van der Waals surface area contributed by atoms with Gasteiger partial charge in [0.2, 0.25) is 0 Å². The Morgan fingerprint density at radius 3 is 2.73 bits per heavy atom. The number of amides is 1. The van der Waals surface area contributed by atoms with Gasteiger partial charge in [-0.05, 0) is 12.1 Å². The maximum absolute atomic E-state index is 11.9. The third-order valence-corrected chi connectivity index (χ3v) is 2.47. The van der Waals surface area contributed by atoms with Gasteiger partial charge in [0.05, 0.1) is 18.2 Å². The number of nitrogens with zero attached hydrogens (tertiary/aromatic N) is 2. The third-order valence-electron chi connectivity index (χ3n) is 2.24. The van der Waals surface area contributed by atoms with Crippen LogP contribution in [-0.2, 0) is 4.74 Å². The van der Waals surface area contributed by atoms with Crippen LogP contribution < -0.4 is 0 Å². The Labute approximate surface area is 92.8 Å². The van der Waals surface area contributed by atoms with Crippen LogP contribution in [0, 0.1) is 0 Å². The molecule has 0 atom stereocenters. The average molecular weight is 227 g/mol. The second-order valence-electron chi connectivity index (χ2n) is 3.27. The van der Waals surface area contributed by atoms with Crippen LogP contribution >= 0.6 is 11.6 Å². The zero-order valence-corrected chi connectivity index (χ0v) is 8.91. The van der Waals surface area contributed by atoms with Crippen molar-refractivity contribution in [3.8, 4) is 0 Å². The summed E-state index contributed by atoms with van der Waals surface area (Å²) in [5.41, 5.74) is 0.432. The smallest absolute Gasteiger partial charge is 0.272 e. The molecule has 1 amide bonds. The summed E-state index contributed by atoms with van der Waals surface area (Å²) in [6, 6.07) is 3.31. The van der Waals surface area contributed by atoms with E-state index in [1.807, 2.05) is 0 Å². The first-order valence-corrected chi connectivity index (χ1v) is 5.14. The maximum Gasteiger partial charge on any atom is 0.272 e. The molecule has 80 valence electrons. The van der Waals surface area contributed by atoms with Crippen LogP contribution in [-0.4, -0.2) is 42.1 Å². The molecule has 1 aromatic rings. The molecule has 0 N–H and O–H groups in total. The Hall–Kier alpha value is -1.13. The lowest BCUT2D eigenvalue weighted by Crippen LogP contribution is -2.41. The summed E-state index contributed by atoms with van der Waals surface area (Å²) in [5, 5.41) is 0.536. The van der Waals surface area contributed by atoms with Gasteiger partial charge in [0.25, 0.3) is 5.91 Å². The van der Waals surface area contributed by atoms with Crippen molar-refractivity contribution < 1.29 is 9.53 Å². The van der Waals surface area contributed by atoms with Gasteiger partial charge < -0.3 is 9.64 Å². The summed E-state index contributed by atoms with van der Waals surface area (Å²) in [6.07, 6.45) is 1.48. The minimum absolute atomic E-state index is 0.0602. The monoisotopic (exact) mass is 226 g/mol. The lowest BCUT2D eigenvalue weighted by Gasteiger charge is -2.26. The van der Waals surface area contributed by atoms with Gasteiger partial charge in [-0.2, -0.15) is 0 Å². The van der Waals surface area contributed by atoms with Crippen LogP contribution in [0.5, 0.6) is 0 Å². The number of carbonyl (C=O) groups is 1. The van der Waals surface area contributed by atoms with E-state index in [-0.39, 0.29) is 5.91 Å². The van der Waals surface area contributed by atoms with E-state index in [1.165, 1.54) is 6.20 Å². The van der Waals surface area contributed by atoms with Gasteiger partial charge in [-0.1, -0.05) is 11.6 Å². The first kappa shape index (κ1) is 10.4. The highest BCUT2D eigenvalue weighted by Crippen LogP contribution is 2.09. The molecule has 0 spiro atoms. The molecule has 2 heterocycles. The summed E-state index contributed by atoms with van der Waals surface area (Å²) in [4.78, 5) is 17.6. The number of morpholine rings is 1. The van der Waals surface area contributed by atoms with Gasteiger partial charge in [0.1, 0.15) is 5.69 Å². The molecular weight excluding hydrogens is 216 g/mol. The number of aromatic nitrogens is 1. The Kier molecular flexibility index (Phi) is 3.18. The first-order valence-electron chi connectivity index (χ1n) is 4.76. The van der Waals surface area contributed by atoms with Crippen molar-refractivity contribution in [2.24, 2.45) is 0 Å². The normalized spacial score (nSPS) is 16.5. The van der Waals surface area contributed by atoms with Crippen molar-refractivity contribution in [1.82, 2.24) is 9.88 Å². The van der Waals surface area contributed by atoms with Gasteiger partial charge in [0.15, 0.2) is 0 Å². The fourth-order valence-corrected chi connectivity index (χ4v) is 1.54. The van der Waals surface area contributed by atoms with Crippen LogP contribution in [0.1, 0.15) is 10.5 Å². The summed E-state index contributed by atoms with van der Waals surface area (Å²) < 4.78 is 5.17. The molecule has 1 saturated heterocycles. The predicted octanol–water partition coefficient (Wildman–Crippen LogP) is 1.21. The molecule has 1 fully saturated rings. The highest BCUT2D eigenvalue weighted by molar-refractivity contribution is 6.30. The molecule has 15 heavy (non-hydrogen) atoms. The zero-order chi connectivity index (χ0) is 10.7. The van der Waals surface area contributed by atoms with Gasteiger partial charge in [0, 0.05) is 19.3 Å². The Morgan fingerprint density at radius 2 is 2.13 bits per heavy atom. The van der Waals surface area contributed by atoms with E-state index in [4.69, 9.17) is 16.3 Å². The molecule has 0 bridgehead atoms. The lowest BCUT2D eigenvalue weighted by molar-refractivity contribution is 0.0299. The molecule has 0 aromatic carbocycles. The molecule has 0 radical (unpaired) electrons. The number of pyridine rings is 1. The molecule has 1 aliphatic rings. The van der Waals surface area contributed by atoms with E-state index in [0.29, 0.717) is 37.0 Å². The summed E-state index contributed by atoms with van der Waals surface area (Å²) >= 11 is 5.69. The Morgan fingerprint density at radius 1 is 1.40 bits per heavy atom. The molecule has 0 saturated carbocycles. The molecule has 2 rings (SSSR count). The van der Waals surface area contributed by atoms with E-state index in [9.17, 15) is 4.79 Å². The fraction of sp³-hybridized carbons (Fsp3) is 0.400. The number of rotatable bonds is 1. The van der Waals surface area contributed by atoms with E-state index in [2.05, 4.69) is 4.98 Å². The van der Waals surface area contributed by atoms with Crippen molar-refractivity contribution in [2.45, 2.75) is 0 Å². The number of hydrogen-bond acceptors (Lipinski definition) is 3. The van der Waals surface area contributed by atoms with E-state index in [1.54, 1.807) is 17.0 Å². The molecule has 0 unspecified atom stereocenters. The van der Waals surface area contributed by atoms with Gasteiger partial charge in [-0.15, -0.1) is 0 Å². The van der Waals surface area contributed by atoms with E-state index < -0.39 is 0 Å². The topological polar surface area (TPSA) is 42.4 Å². The maximum atomic E-state index is 11.9. The van der Waals surface area contributed by atoms with Crippen molar-refractivity contribution in [2.75, 3.05) is 26.3 Å². The minimum atomic E-state index is -0.0602. The number of halogens is 1. The molecule has 0 aliphatic carbocycles. The van der Waals surface area contributed by atoms with Crippen molar-refractivity contribution in [3.05, 3.63) is 29.0 Å². The van der Waals surface area contributed by atoms with Crippen LogP contribution in [0.25, 0.3) is 0 Å². The second-order valence-corrected chi connectivity index (χ2v) is 3.70. The number of hydrogen-bond donors (Lipinski definition) is 0. The average Bonchev–Trinajstić information content (AvgIpc) is 2.30. The standard InChI is InChI=1S/C10H11ClN2O2/c11-8-1-2-9(12-7-8)10(14)13-3-5-15-6-4-13/h1-2,7H,3-6H2.